The molecule has 0 aliphatic rings. The van der Waals surface area contributed by atoms with E-state index in [4.69, 9.17) is 29.5 Å². The minimum Gasteiger partial charge on any atom is -0.394 e. The first-order valence-electron chi connectivity index (χ1n) is 7.78. The fraction of sp³-hybridized carbons (Fsp3) is 1.00. The molecule has 8 nitrogen and oxygen atoms in total. The molecule has 144 valence electrons. The second-order valence-corrected chi connectivity index (χ2v) is 3.99. The second kappa shape index (κ2) is 33.3. The summed E-state index contributed by atoms with van der Waals surface area (Å²) in [6, 6.07) is 0. The number of rotatable bonds is 14. The fourth-order valence-electron chi connectivity index (χ4n) is 0.929. The third-order valence-corrected chi connectivity index (χ3v) is 1.92. The Morgan fingerprint density at radius 1 is 0.522 bits per heavy atom. The van der Waals surface area contributed by atoms with E-state index in [1.54, 1.807) is 14.2 Å². The Labute approximate surface area is 140 Å². The highest BCUT2D eigenvalue weighted by Crippen LogP contribution is 1.78. The molecule has 0 atom stereocenters. The van der Waals surface area contributed by atoms with Crippen LogP contribution in [0.3, 0.4) is 0 Å². The van der Waals surface area contributed by atoms with E-state index in [0.29, 0.717) is 39.6 Å². The summed E-state index contributed by atoms with van der Waals surface area (Å²) >= 11 is 0. The van der Waals surface area contributed by atoms with Crippen molar-refractivity contribution in [2.24, 2.45) is 0 Å². The zero-order valence-electron chi connectivity index (χ0n) is 14.9. The minimum absolute atomic E-state index is 0.0278. The molecular formula is C15H36O8. The minimum atomic E-state index is 0.0278. The molecule has 0 saturated heterocycles. The third-order valence-electron chi connectivity index (χ3n) is 1.92. The molecule has 0 bridgehead atoms. The summed E-state index contributed by atoms with van der Waals surface area (Å²) in [6.07, 6.45) is 1.09. The maximum Gasteiger partial charge on any atom is 0.0701 e. The highest BCUT2D eigenvalue weighted by Gasteiger charge is 1.83. The van der Waals surface area contributed by atoms with E-state index in [0.717, 1.165) is 19.6 Å². The van der Waals surface area contributed by atoms with Crippen molar-refractivity contribution in [3.8, 4) is 0 Å². The lowest BCUT2D eigenvalue weighted by Gasteiger charge is -1.98. The average Bonchev–Trinajstić information content (AvgIpc) is 2.58. The molecule has 23 heavy (non-hydrogen) atoms. The van der Waals surface area contributed by atoms with Crippen LogP contribution in [0.1, 0.15) is 13.3 Å². The summed E-state index contributed by atoms with van der Waals surface area (Å²) in [5.41, 5.74) is 0. The van der Waals surface area contributed by atoms with Crippen molar-refractivity contribution < 1.29 is 39.0 Å². The van der Waals surface area contributed by atoms with Crippen LogP contribution >= 0.6 is 0 Å². The Balaban J connectivity index is -0.000000262. The van der Waals surface area contributed by atoms with Crippen molar-refractivity contribution in [1.29, 1.82) is 0 Å². The van der Waals surface area contributed by atoms with Crippen molar-refractivity contribution in [2.75, 3.05) is 86.9 Å². The van der Waals surface area contributed by atoms with Crippen LogP contribution in [0.15, 0.2) is 0 Å². The van der Waals surface area contributed by atoms with Gasteiger partial charge in [0, 0.05) is 20.8 Å². The molecule has 3 N–H and O–H groups in total. The summed E-state index contributed by atoms with van der Waals surface area (Å²) in [6.45, 7) is 6.73. The van der Waals surface area contributed by atoms with Gasteiger partial charge in [-0.05, 0) is 6.42 Å². The molecule has 0 aliphatic heterocycles. The van der Waals surface area contributed by atoms with Crippen LogP contribution in [-0.4, -0.2) is 102 Å². The molecule has 0 spiro atoms. The molecular weight excluding hydrogens is 308 g/mol. The molecule has 8 heteroatoms. The first kappa shape index (κ1) is 27.5. The van der Waals surface area contributed by atoms with Gasteiger partial charge in [-0.1, -0.05) is 6.92 Å². The van der Waals surface area contributed by atoms with Gasteiger partial charge in [-0.25, -0.2) is 0 Å². The topological polar surface area (TPSA) is 107 Å². The smallest absolute Gasteiger partial charge is 0.0701 e. The SMILES string of the molecule is CCCOCCOC.COCCOCCO.OCCOCCO. The Morgan fingerprint density at radius 2 is 0.870 bits per heavy atom. The zero-order valence-corrected chi connectivity index (χ0v) is 14.9. The van der Waals surface area contributed by atoms with Crippen molar-refractivity contribution >= 4 is 0 Å². The van der Waals surface area contributed by atoms with E-state index in [9.17, 15) is 0 Å². The number of ether oxygens (including phenoxy) is 5. The largest absolute Gasteiger partial charge is 0.394 e. The standard InChI is InChI=1S/C6H14O2.C5H12O3.C4H10O3/c1-3-4-8-6-5-7-2;1-7-4-5-8-3-2-6;5-1-3-7-4-2-6/h3-6H2,1-2H3;6H,2-5H2,1H3;5-6H,1-4H2. The average molecular weight is 344 g/mol. The van der Waals surface area contributed by atoms with Crippen molar-refractivity contribution in [1.82, 2.24) is 0 Å². The highest BCUT2D eigenvalue weighted by atomic mass is 16.5. The van der Waals surface area contributed by atoms with Crippen LogP contribution < -0.4 is 0 Å². The summed E-state index contributed by atoms with van der Waals surface area (Å²) in [5.74, 6) is 0. The third kappa shape index (κ3) is 44.9. The Morgan fingerprint density at radius 3 is 1.17 bits per heavy atom. The van der Waals surface area contributed by atoms with Crippen molar-refractivity contribution in [2.45, 2.75) is 13.3 Å². The van der Waals surface area contributed by atoms with Gasteiger partial charge in [-0.2, -0.15) is 0 Å². The number of hydrogen-bond donors (Lipinski definition) is 3. The molecule has 0 aromatic rings. The van der Waals surface area contributed by atoms with Crippen LogP contribution in [-0.2, 0) is 23.7 Å². The van der Waals surface area contributed by atoms with Gasteiger partial charge in [0.05, 0.1) is 66.1 Å². The van der Waals surface area contributed by atoms with E-state index >= 15 is 0 Å². The fourth-order valence-corrected chi connectivity index (χ4v) is 0.929. The van der Waals surface area contributed by atoms with E-state index in [1.807, 2.05) is 0 Å². The number of hydrogen-bond acceptors (Lipinski definition) is 8. The molecule has 0 heterocycles. The van der Waals surface area contributed by atoms with Crippen LogP contribution in [0, 0.1) is 0 Å². The maximum atomic E-state index is 8.20. The molecule has 0 rings (SSSR count). The van der Waals surface area contributed by atoms with E-state index < -0.39 is 0 Å². The predicted octanol–water partition coefficient (Wildman–Crippen LogP) is -0.311. The van der Waals surface area contributed by atoms with Gasteiger partial charge < -0.3 is 39.0 Å². The lowest BCUT2D eigenvalue weighted by atomic mass is 10.5. The Bertz CT molecular complexity index is 132. The van der Waals surface area contributed by atoms with Gasteiger partial charge in [0.15, 0.2) is 0 Å². The summed E-state index contributed by atoms with van der Waals surface area (Å²) < 4.78 is 24.0. The highest BCUT2D eigenvalue weighted by molar-refractivity contribution is 4.27. The van der Waals surface area contributed by atoms with E-state index in [2.05, 4.69) is 16.4 Å². The van der Waals surface area contributed by atoms with E-state index in [1.165, 1.54) is 0 Å². The van der Waals surface area contributed by atoms with Crippen LogP contribution in [0.5, 0.6) is 0 Å². The van der Waals surface area contributed by atoms with Gasteiger partial charge in [0.2, 0.25) is 0 Å². The summed E-state index contributed by atoms with van der Waals surface area (Å²) in [7, 11) is 3.29. The number of aliphatic hydroxyl groups excluding tert-OH is 3. The summed E-state index contributed by atoms with van der Waals surface area (Å²) in [4.78, 5) is 0. The van der Waals surface area contributed by atoms with Crippen LogP contribution in [0.4, 0.5) is 0 Å². The predicted molar refractivity (Wildman–Crippen MR) is 87.8 cm³/mol. The monoisotopic (exact) mass is 344 g/mol. The van der Waals surface area contributed by atoms with Crippen LogP contribution in [0.2, 0.25) is 0 Å². The Hall–Kier alpha value is -0.320. The van der Waals surface area contributed by atoms with Crippen LogP contribution in [0.25, 0.3) is 0 Å². The lowest BCUT2D eigenvalue weighted by molar-refractivity contribution is 0.0500. The van der Waals surface area contributed by atoms with Gasteiger partial charge in [0.25, 0.3) is 0 Å². The van der Waals surface area contributed by atoms with Crippen molar-refractivity contribution in [3.63, 3.8) is 0 Å². The number of methoxy groups -OCH3 is 2. The number of aliphatic hydroxyl groups is 3. The molecule has 0 saturated carbocycles. The molecule has 0 radical (unpaired) electrons. The summed E-state index contributed by atoms with van der Waals surface area (Å²) in [5, 5.41) is 24.4. The molecule has 0 aliphatic carbocycles. The van der Waals surface area contributed by atoms with Gasteiger partial charge in [0.1, 0.15) is 0 Å². The van der Waals surface area contributed by atoms with Gasteiger partial charge in [-0.3, -0.25) is 0 Å². The second-order valence-electron chi connectivity index (χ2n) is 3.99. The van der Waals surface area contributed by atoms with Crippen molar-refractivity contribution in [3.05, 3.63) is 0 Å². The normalized spacial score (nSPS) is 9.65. The Kier molecular flexibility index (Phi) is 39.9. The molecule has 0 fully saturated rings. The molecule has 0 aromatic heterocycles. The molecule has 0 aromatic carbocycles. The zero-order chi connectivity index (χ0) is 18.0. The lowest BCUT2D eigenvalue weighted by Crippen LogP contribution is -2.05. The first-order chi connectivity index (χ1) is 11.2. The first-order valence-corrected chi connectivity index (χ1v) is 7.78. The van der Waals surface area contributed by atoms with Gasteiger partial charge in [-0.15, -0.1) is 0 Å². The molecule has 0 amide bonds. The van der Waals surface area contributed by atoms with Gasteiger partial charge >= 0.3 is 0 Å². The van der Waals surface area contributed by atoms with E-state index in [-0.39, 0.29) is 19.8 Å². The quantitative estimate of drug-likeness (QED) is 0.368. The maximum absolute atomic E-state index is 8.20. The molecule has 0 unspecified atom stereocenters.